The fourth-order valence-corrected chi connectivity index (χ4v) is 5.44. The third-order valence-corrected chi connectivity index (χ3v) is 7.28. The van der Waals surface area contributed by atoms with Crippen LogP contribution in [0.5, 0.6) is 0 Å². The number of rotatable bonds is 2. The first-order chi connectivity index (χ1) is 15.3. The maximum atomic E-state index is 14.1. The summed E-state index contributed by atoms with van der Waals surface area (Å²) in [5, 5.41) is 9.83. The first-order valence-electron chi connectivity index (χ1n) is 11.0. The van der Waals surface area contributed by atoms with Gasteiger partial charge in [0.2, 0.25) is 0 Å². The summed E-state index contributed by atoms with van der Waals surface area (Å²) in [6.45, 7) is 7.11. The van der Waals surface area contributed by atoms with Crippen molar-refractivity contribution in [1.29, 1.82) is 0 Å². The van der Waals surface area contributed by atoms with Crippen LogP contribution >= 0.6 is 11.6 Å². The van der Waals surface area contributed by atoms with E-state index in [9.17, 15) is 14.0 Å². The summed E-state index contributed by atoms with van der Waals surface area (Å²) in [6, 6.07) is 4.46. The van der Waals surface area contributed by atoms with Gasteiger partial charge in [-0.3, -0.25) is 14.8 Å². The maximum Gasteiger partial charge on any atom is 0.321 e. The van der Waals surface area contributed by atoms with Gasteiger partial charge in [-0.05, 0) is 45.4 Å². The number of nitrogens with one attached hydrogen (secondary N) is 2. The minimum absolute atomic E-state index is 0. The third kappa shape index (κ3) is 3.97. The number of halogens is 2. The first kappa shape index (κ1) is 23.5. The highest BCUT2D eigenvalue weighted by molar-refractivity contribution is 6.34. The Hall–Kier alpha value is -2.65. The van der Waals surface area contributed by atoms with E-state index in [2.05, 4.69) is 27.3 Å². The molecule has 5 rings (SSSR count). The third-order valence-electron chi connectivity index (χ3n) is 6.96. The number of hydrogen-bond acceptors (Lipinski definition) is 4. The molecule has 3 aliphatic rings. The summed E-state index contributed by atoms with van der Waals surface area (Å²) in [5.74, 6) is -1.08. The number of urea groups is 1. The van der Waals surface area contributed by atoms with Crippen LogP contribution in [0.4, 0.5) is 15.0 Å². The number of benzene rings is 1. The summed E-state index contributed by atoms with van der Waals surface area (Å²) >= 11 is 6.02. The number of amides is 3. The van der Waals surface area contributed by atoms with E-state index in [0.29, 0.717) is 18.4 Å². The van der Waals surface area contributed by atoms with Crippen LogP contribution in [0, 0.1) is 5.82 Å². The minimum atomic E-state index is -0.701. The fraction of sp³-hybridized carbons (Fsp3) is 0.522. The fourth-order valence-electron chi connectivity index (χ4n) is 5.19. The standard InChI is InChI=1S/C22H26ClFN6O2.CH4/c1-12-9-28-8-4-5-14(28)10-29(12)22(32)30-11-15-19(13(30)2)26-27-20(15)25-21(31)18-16(23)6-3-7-17(18)24;/h3,6-7,12-14H,4-5,8-11H2,1-2H3,(H2,25,26,27,31);1H4/t12-,13?,14-;/m0./s1. The smallest absolute Gasteiger partial charge is 0.319 e. The van der Waals surface area contributed by atoms with Gasteiger partial charge in [0, 0.05) is 30.7 Å². The Morgan fingerprint density at radius 2 is 2.03 bits per heavy atom. The van der Waals surface area contributed by atoms with Crippen LogP contribution in [0.3, 0.4) is 0 Å². The molecule has 1 aromatic heterocycles. The van der Waals surface area contributed by atoms with Crippen molar-refractivity contribution in [3.63, 3.8) is 0 Å². The largest absolute Gasteiger partial charge is 0.321 e. The summed E-state index contributed by atoms with van der Waals surface area (Å²) < 4.78 is 14.1. The van der Waals surface area contributed by atoms with Crippen molar-refractivity contribution < 1.29 is 14.0 Å². The predicted molar refractivity (Wildman–Crippen MR) is 125 cm³/mol. The number of piperazine rings is 1. The van der Waals surface area contributed by atoms with Crippen molar-refractivity contribution in [2.45, 2.75) is 58.8 Å². The summed E-state index contributed by atoms with van der Waals surface area (Å²) in [4.78, 5) is 32.4. The van der Waals surface area contributed by atoms with E-state index in [0.717, 1.165) is 37.3 Å². The molecule has 2 saturated heterocycles. The molecule has 0 radical (unpaired) electrons. The van der Waals surface area contributed by atoms with Crippen molar-refractivity contribution in [2.75, 3.05) is 25.0 Å². The van der Waals surface area contributed by atoms with Crippen LogP contribution in [-0.4, -0.2) is 68.6 Å². The van der Waals surface area contributed by atoms with E-state index in [4.69, 9.17) is 11.6 Å². The van der Waals surface area contributed by atoms with Crippen molar-refractivity contribution in [3.8, 4) is 0 Å². The van der Waals surface area contributed by atoms with Crippen LogP contribution in [0.25, 0.3) is 0 Å². The zero-order valence-corrected chi connectivity index (χ0v) is 18.8. The van der Waals surface area contributed by atoms with Crippen molar-refractivity contribution in [1.82, 2.24) is 24.9 Å². The Labute approximate surface area is 198 Å². The topological polar surface area (TPSA) is 84.6 Å². The second kappa shape index (κ2) is 8.95. The molecule has 3 atom stereocenters. The highest BCUT2D eigenvalue weighted by Gasteiger charge is 2.42. The lowest BCUT2D eigenvalue weighted by Gasteiger charge is -2.44. The monoisotopic (exact) mass is 476 g/mol. The summed E-state index contributed by atoms with van der Waals surface area (Å²) in [6.07, 6.45) is 2.31. The first-order valence-corrected chi connectivity index (χ1v) is 11.4. The molecule has 3 amide bonds. The van der Waals surface area contributed by atoms with Gasteiger partial charge in [0.15, 0.2) is 5.82 Å². The van der Waals surface area contributed by atoms with Crippen molar-refractivity contribution in [2.24, 2.45) is 0 Å². The second-order valence-electron chi connectivity index (χ2n) is 8.89. The van der Waals surface area contributed by atoms with E-state index in [1.165, 1.54) is 24.6 Å². The Morgan fingerprint density at radius 1 is 1.24 bits per heavy atom. The van der Waals surface area contributed by atoms with Gasteiger partial charge in [0.25, 0.3) is 5.91 Å². The molecule has 0 saturated carbocycles. The molecule has 33 heavy (non-hydrogen) atoms. The van der Waals surface area contributed by atoms with Crippen LogP contribution in [0.1, 0.15) is 61.8 Å². The normalized spacial score (nSPS) is 24.3. The summed E-state index contributed by atoms with van der Waals surface area (Å²) in [5.41, 5.74) is 1.28. The van der Waals surface area contributed by atoms with Gasteiger partial charge < -0.3 is 15.1 Å². The molecule has 1 unspecified atom stereocenters. The van der Waals surface area contributed by atoms with Crippen LogP contribution in [-0.2, 0) is 6.54 Å². The van der Waals surface area contributed by atoms with Crippen molar-refractivity contribution in [3.05, 3.63) is 45.9 Å². The van der Waals surface area contributed by atoms with E-state index in [-0.39, 0.29) is 36.1 Å². The average Bonchev–Trinajstić information content (AvgIpc) is 3.44. The van der Waals surface area contributed by atoms with Gasteiger partial charge >= 0.3 is 6.03 Å². The maximum absolute atomic E-state index is 14.1. The molecule has 0 spiro atoms. The molecule has 2 aromatic rings. The SMILES string of the molecule is C.CC1c2[nH]nc(NC(=O)c3c(F)cccc3Cl)c2CN1C(=O)N1C[C@@H]2CCCN2C[C@@H]1C. The Balaban J connectivity index is 0.00000259. The van der Waals surface area contributed by atoms with Gasteiger partial charge in [-0.25, -0.2) is 9.18 Å². The minimum Gasteiger partial charge on any atom is -0.319 e. The van der Waals surface area contributed by atoms with Crippen LogP contribution < -0.4 is 5.32 Å². The highest BCUT2D eigenvalue weighted by Crippen LogP contribution is 2.37. The molecule has 2 fully saturated rings. The van der Waals surface area contributed by atoms with E-state index in [1.54, 1.807) is 4.90 Å². The number of nitrogens with zero attached hydrogens (tertiary/aromatic N) is 4. The van der Waals surface area contributed by atoms with Gasteiger partial charge in [-0.2, -0.15) is 5.10 Å². The number of H-pyrrole nitrogens is 1. The number of fused-ring (bicyclic) bond motifs is 2. The lowest BCUT2D eigenvalue weighted by atomic mass is 10.1. The van der Waals surface area contributed by atoms with Crippen molar-refractivity contribution >= 4 is 29.4 Å². The number of aromatic amines is 1. The number of aromatic nitrogens is 2. The molecule has 4 heterocycles. The Bertz CT molecular complexity index is 1050. The lowest BCUT2D eigenvalue weighted by molar-refractivity contribution is 0.0580. The quantitative estimate of drug-likeness (QED) is 0.678. The zero-order valence-electron chi connectivity index (χ0n) is 18.1. The molecule has 178 valence electrons. The van der Waals surface area contributed by atoms with E-state index < -0.39 is 11.7 Å². The molecule has 3 aliphatic heterocycles. The highest BCUT2D eigenvalue weighted by atomic mass is 35.5. The lowest BCUT2D eigenvalue weighted by Crippen LogP contribution is -2.59. The summed E-state index contributed by atoms with van der Waals surface area (Å²) in [7, 11) is 0. The second-order valence-corrected chi connectivity index (χ2v) is 9.30. The average molecular weight is 477 g/mol. The molecule has 10 heteroatoms. The van der Waals surface area contributed by atoms with E-state index in [1.807, 2.05) is 11.8 Å². The molecule has 0 bridgehead atoms. The van der Waals surface area contributed by atoms with Gasteiger partial charge in [-0.1, -0.05) is 25.1 Å². The zero-order chi connectivity index (χ0) is 22.6. The predicted octanol–water partition coefficient (Wildman–Crippen LogP) is 4.26. The molecule has 1 aromatic carbocycles. The molecule has 0 aliphatic carbocycles. The van der Waals surface area contributed by atoms with Crippen LogP contribution in [0.15, 0.2) is 18.2 Å². The van der Waals surface area contributed by atoms with E-state index >= 15 is 0 Å². The number of carbonyl (C=O) groups excluding carboxylic acids is 2. The molecule has 8 nitrogen and oxygen atoms in total. The van der Waals surface area contributed by atoms with Gasteiger partial charge in [0.05, 0.1) is 28.9 Å². The molecular weight excluding hydrogens is 447 g/mol. The Kier molecular flexibility index (Phi) is 6.37. The molecule has 2 N–H and O–H groups in total. The van der Waals surface area contributed by atoms with Gasteiger partial charge in [0.1, 0.15) is 5.82 Å². The number of hydrogen-bond donors (Lipinski definition) is 2. The van der Waals surface area contributed by atoms with Gasteiger partial charge in [-0.15, -0.1) is 0 Å². The Morgan fingerprint density at radius 3 is 2.79 bits per heavy atom. The molecular formula is C23H30ClFN6O2. The van der Waals surface area contributed by atoms with Crippen LogP contribution in [0.2, 0.25) is 5.02 Å². The number of carbonyl (C=O) groups is 2. The number of anilines is 1.